The van der Waals surface area contributed by atoms with Gasteiger partial charge in [0.1, 0.15) is 11.7 Å². The number of fused-ring (bicyclic) bond motifs is 1. The van der Waals surface area contributed by atoms with E-state index in [1.54, 1.807) is 19.5 Å². The molecule has 1 aromatic rings. The predicted octanol–water partition coefficient (Wildman–Crippen LogP) is 1.47. The number of furan rings is 1. The minimum Gasteiger partial charge on any atom is -0.472 e. The molecule has 0 aromatic carbocycles. The third-order valence-corrected chi connectivity index (χ3v) is 12.6. The Labute approximate surface area is 237 Å². The van der Waals surface area contributed by atoms with Crippen molar-refractivity contribution in [1.29, 1.82) is 0 Å². The van der Waals surface area contributed by atoms with E-state index in [0.717, 1.165) is 5.56 Å². The molecule has 4 aliphatic carbocycles. The summed E-state index contributed by atoms with van der Waals surface area (Å²) in [6, 6.07) is 1.84. The second-order valence-electron chi connectivity index (χ2n) is 13.9. The molecule has 11 heteroatoms. The molecule has 1 aromatic heterocycles. The van der Waals surface area contributed by atoms with Gasteiger partial charge in [0.25, 0.3) is 0 Å². The van der Waals surface area contributed by atoms with Crippen LogP contribution in [0.4, 0.5) is 0 Å². The molecule has 14 atom stereocenters. The number of ketones is 1. The highest BCUT2D eigenvalue weighted by Gasteiger charge is 2.92. The normalized spacial score (nSPS) is 54.7. The van der Waals surface area contributed by atoms with Gasteiger partial charge in [0.05, 0.1) is 48.3 Å². The van der Waals surface area contributed by atoms with Gasteiger partial charge in [-0.05, 0) is 30.4 Å². The summed E-state index contributed by atoms with van der Waals surface area (Å²) in [5, 5.41) is 35.4. The lowest BCUT2D eigenvalue weighted by Gasteiger charge is -2.73. The standard InChI is InChI=1S/C30H38O11/c1-13(31)39-20-10-19(34)29-12-38-25(36)26(20,3)17(29)9-18(33)28(5)23(29)22(35)24(40-14(2)32)27(4)16(15-6-7-37-11-15)8-21-30(27,28)41-21/h6-7,11,16-21,23-25,33-34,36H,8-10,12H2,1-5H3/t16-,17-,18+,19-,20+,21+,23-,24-,25-,26-,27+,28+,29+,30+/m0/s1. The Bertz CT molecular complexity index is 1310. The number of Topliss-reactive ketones (excluding diaryl/α,β-unsaturated/α-hetero) is 1. The molecule has 6 fully saturated rings. The molecule has 0 unspecified atom stereocenters. The van der Waals surface area contributed by atoms with Crippen molar-refractivity contribution in [3.05, 3.63) is 24.2 Å². The van der Waals surface area contributed by atoms with Crippen LogP contribution in [-0.2, 0) is 33.3 Å². The maximum Gasteiger partial charge on any atom is 0.303 e. The lowest BCUT2D eigenvalue weighted by molar-refractivity contribution is -0.373. The second-order valence-corrected chi connectivity index (χ2v) is 13.9. The first-order valence-electron chi connectivity index (χ1n) is 14.5. The van der Waals surface area contributed by atoms with Crippen LogP contribution in [-0.4, -0.2) is 82.1 Å². The highest BCUT2D eigenvalue weighted by molar-refractivity contribution is 5.93. The summed E-state index contributed by atoms with van der Waals surface area (Å²) >= 11 is 0. The Hall–Kier alpha value is -2.31. The average Bonchev–Trinajstić information content (AvgIpc) is 3.26. The van der Waals surface area contributed by atoms with Crippen LogP contribution in [0, 0.1) is 33.5 Å². The van der Waals surface area contributed by atoms with Gasteiger partial charge in [-0.15, -0.1) is 0 Å². The lowest BCUT2D eigenvalue weighted by atomic mass is 9.33. The van der Waals surface area contributed by atoms with Crippen LogP contribution in [0.3, 0.4) is 0 Å². The number of carbonyl (C=O) groups excluding carboxylic acids is 3. The summed E-state index contributed by atoms with van der Waals surface area (Å²) in [5.41, 5.74) is -4.93. The molecular formula is C30H38O11. The summed E-state index contributed by atoms with van der Waals surface area (Å²) in [6.45, 7) is 7.85. The number of aliphatic hydroxyl groups excluding tert-OH is 3. The summed E-state index contributed by atoms with van der Waals surface area (Å²) in [4.78, 5) is 39.7. The molecule has 224 valence electrons. The number of carbonyl (C=O) groups is 3. The van der Waals surface area contributed by atoms with Crippen LogP contribution in [0.25, 0.3) is 0 Å². The number of esters is 2. The van der Waals surface area contributed by atoms with Gasteiger partial charge in [-0.3, -0.25) is 14.4 Å². The van der Waals surface area contributed by atoms with E-state index < -0.39 is 87.5 Å². The van der Waals surface area contributed by atoms with Gasteiger partial charge < -0.3 is 38.7 Å². The highest BCUT2D eigenvalue weighted by atomic mass is 16.6. The van der Waals surface area contributed by atoms with Crippen molar-refractivity contribution in [2.45, 2.75) is 102 Å². The summed E-state index contributed by atoms with van der Waals surface area (Å²) < 4.78 is 29.5. The molecule has 2 saturated heterocycles. The zero-order valence-electron chi connectivity index (χ0n) is 23.9. The molecule has 0 radical (unpaired) electrons. The van der Waals surface area contributed by atoms with Gasteiger partial charge >= 0.3 is 11.9 Å². The van der Waals surface area contributed by atoms with E-state index in [0.29, 0.717) is 6.42 Å². The number of ether oxygens (including phenoxy) is 4. The first-order valence-corrected chi connectivity index (χ1v) is 14.5. The maximum absolute atomic E-state index is 15.0. The number of aliphatic hydroxyl groups is 3. The molecule has 41 heavy (non-hydrogen) atoms. The van der Waals surface area contributed by atoms with Crippen LogP contribution in [0.1, 0.15) is 65.4 Å². The molecule has 11 nitrogen and oxygen atoms in total. The minimum atomic E-state index is -1.36. The van der Waals surface area contributed by atoms with Crippen molar-refractivity contribution >= 4 is 17.7 Å². The highest BCUT2D eigenvalue weighted by Crippen LogP contribution is 2.82. The van der Waals surface area contributed by atoms with Gasteiger partial charge in [0.2, 0.25) is 0 Å². The second kappa shape index (κ2) is 8.19. The van der Waals surface area contributed by atoms with Crippen LogP contribution in [0.2, 0.25) is 0 Å². The minimum absolute atomic E-state index is 0.0205. The van der Waals surface area contributed by atoms with Gasteiger partial charge in [0.15, 0.2) is 18.2 Å². The zero-order valence-corrected chi connectivity index (χ0v) is 23.9. The number of epoxide rings is 1. The summed E-state index contributed by atoms with van der Waals surface area (Å²) in [5.74, 6) is -3.56. The molecule has 0 amide bonds. The van der Waals surface area contributed by atoms with Crippen LogP contribution >= 0.6 is 0 Å². The molecule has 7 rings (SSSR count). The van der Waals surface area contributed by atoms with Crippen molar-refractivity contribution < 1.29 is 53.1 Å². The molecule has 2 aliphatic heterocycles. The third kappa shape index (κ3) is 2.85. The molecule has 1 spiro atoms. The Kier molecular flexibility index (Phi) is 5.50. The topological polar surface area (TPSA) is 165 Å². The van der Waals surface area contributed by atoms with Crippen LogP contribution in [0.15, 0.2) is 23.0 Å². The predicted molar refractivity (Wildman–Crippen MR) is 137 cm³/mol. The van der Waals surface area contributed by atoms with Gasteiger partial charge in [-0.2, -0.15) is 0 Å². The van der Waals surface area contributed by atoms with E-state index >= 15 is 4.79 Å². The van der Waals surface area contributed by atoms with E-state index in [9.17, 15) is 24.9 Å². The average molecular weight is 575 g/mol. The molecule has 3 heterocycles. The Morgan fingerprint density at radius 2 is 1.68 bits per heavy atom. The van der Waals surface area contributed by atoms with Gasteiger partial charge in [-0.1, -0.05) is 20.8 Å². The van der Waals surface area contributed by atoms with Gasteiger partial charge in [0, 0.05) is 42.9 Å². The van der Waals surface area contributed by atoms with Crippen molar-refractivity contribution in [3.8, 4) is 0 Å². The largest absolute Gasteiger partial charge is 0.472 e. The fraction of sp³-hybridized carbons (Fsp3) is 0.767. The Morgan fingerprint density at radius 3 is 2.32 bits per heavy atom. The van der Waals surface area contributed by atoms with E-state index in [1.165, 1.54) is 13.8 Å². The number of hydrogen-bond donors (Lipinski definition) is 3. The van der Waals surface area contributed by atoms with Crippen LogP contribution in [0.5, 0.6) is 0 Å². The molecular weight excluding hydrogens is 536 g/mol. The molecule has 3 N–H and O–H groups in total. The van der Waals surface area contributed by atoms with E-state index in [2.05, 4.69) is 0 Å². The number of hydrogen-bond acceptors (Lipinski definition) is 11. The Balaban J connectivity index is 1.44. The third-order valence-electron chi connectivity index (χ3n) is 12.6. The smallest absolute Gasteiger partial charge is 0.303 e. The van der Waals surface area contributed by atoms with E-state index in [-0.39, 0.29) is 31.5 Å². The summed E-state index contributed by atoms with van der Waals surface area (Å²) in [6.07, 6.45) is -2.27. The monoisotopic (exact) mass is 574 g/mol. The maximum atomic E-state index is 15.0. The van der Waals surface area contributed by atoms with Crippen molar-refractivity contribution in [3.63, 3.8) is 0 Å². The quantitative estimate of drug-likeness (QED) is 0.354. The fourth-order valence-electron chi connectivity index (χ4n) is 11.0. The van der Waals surface area contributed by atoms with E-state index in [1.807, 2.05) is 19.9 Å². The molecule has 4 saturated carbocycles. The Morgan fingerprint density at radius 1 is 0.976 bits per heavy atom. The van der Waals surface area contributed by atoms with E-state index in [4.69, 9.17) is 23.4 Å². The zero-order chi connectivity index (χ0) is 29.5. The van der Waals surface area contributed by atoms with Crippen molar-refractivity contribution in [2.75, 3.05) is 6.61 Å². The SMILES string of the molecule is CC(=O)O[C@@H]1C[C@H](O)[C@@]23CO[C@H](O)[C@@]1(C)[C@@H]2C[C@@H](O)[C@]1(C)[C@@H]3C(=O)[C@H](OC(C)=O)[C@@]2(C)[C@H](c3ccoc3)C[C@H]3O[C@]321. The number of rotatable bonds is 3. The summed E-state index contributed by atoms with van der Waals surface area (Å²) in [7, 11) is 0. The first-order chi connectivity index (χ1) is 19.2. The first kappa shape index (κ1) is 27.5. The van der Waals surface area contributed by atoms with Crippen molar-refractivity contribution in [2.24, 2.45) is 33.5 Å². The molecule has 6 aliphatic rings. The lowest BCUT2D eigenvalue weighted by Crippen LogP contribution is -2.82. The van der Waals surface area contributed by atoms with Crippen molar-refractivity contribution in [1.82, 2.24) is 0 Å². The molecule has 2 bridgehead atoms. The van der Waals surface area contributed by atoms with Crippen LogP contribution < -0.4 is 0 Å². The fourth-order valence-corrected chi connectivity index (χ4v) is 11.0. The van der Waals surface area contributed by atoms with Gasteiger partial charge in [-0.25, -0.2) is 0 Å².